The first-order valence-electron chi connectivity index (χ1n) is 6.00. The lowest BCUT2D eigenvalue weighted by atomic mass is 10.1. The van der Waals surface area contributed by atoms with Crippen molar-refractivity contribution in [3.8, 4) is 0 Å². The van der Waals surface area contributed by atoms with Crippen LogP contribution in [0.3, 0.4) is 0 Å². The smallest absolute Gasteiger partial charge is 0.280 e. The van der Waals surface area contributed by atoms with Crippen molar-refractivity contribution in [2.24, 2.45) is 0 Å². The Morgan fingerprint density at radius 1 is 1.44 bits per heavy atom. The van der Waals surface area contributed by atoms with E-state index in [9.17, 15) is 4.79 Å². The highest BCUT2D eigenvalue weighted by Crippen LogP contribution is 2.33. The highest BCUT2D eigenvalue weighted by Gasteiger charge is 2.33. The quantitative estimate of drug-likeness (QED) is 0.772. The SMILES string of the molecule is Cc1ocnc1C(=O)N1c2ccccc2C[C@@H]1C. The first-order valence-corrected chi connectivity index (χ1v) is 6.00. The standard InChI is InChI=1S/C14H14N2O2/c1-9-7-11-5-3-4-6-12(11)16(9)14(17)13-10(2)18-8-15-13/h3-6,8-9H,7H2,1-2H3/t9-/m0/s1. The molecule has 0 fully saturated rings. The number of para-hydroxylation sites is 1. The van der Waals surface area contributed by atoms with Gasteiger partial charge in [0, 0.05) is 11.7 Å². The van der Waals surface area contributed by atoms with Gasteiger partial charge in [-0.05, 0) is 31.9 Å². The first kappa shape index (κ1) is 11.0. The van der Waals surface area contributed by atoms with E-state index < -0.39 is 0 Å². The molecule has 0 radical (unpaired) electrons. The van der Waals surface area contributed by atoms with Gasteiger partial charge in [0.15, 0.2) is 12.1 Å². The molecule has 0 spiro atoms. The number of nitrogens with zero attached hydrogens (tertiary/aromatic N) is 2. The number of aryl methyl sites for hydroxylation is 1. The molecular weight excluding hydrogens is 228 g/mol. The Morgan fingerprint density at radius 2 is 2.22 bits per heavy atom. The number of carbonyl (C=O) groups is 1. The molecule has 3 rings (SSSR count). The molecule has 0 aliphatic carbocycles. The summed E-state index contributed by atoms with van der Waals surface area (Å²) in [6.07, 6.45) is 2.20. The van der Waals surface area contributed by atoms with Gasteiger partial charge in [0.1, 0.15) is 5.76 Å². The van der Waals surface area contributed by atoms with Gasteiger partial charge in [-0.15, -0.1) is 0 Å². The highest BCUT2D eigenvalue weighted by atomic mass is 16.3. The monoisotopic (exact) mass is 242 g/mol. The zero-order chi connectivity index (χ0) is 12.7. The molecule has 2 aromatic rings. The van der Waals surface area contributed by atoms with E-state index in [1.807, 2.05) is 25.1 Å². The Labute approximate surface area is 105 Å². The van der Waals surface area contributed by atoms with Crippen LogP contribution in [-0.4, -0.2) is 16.9 Å². The molecule has 0 saturated heterocycles. The zero-order valence-corrected chi connectivity index (χ0v) is 10.4. The van der Waals surface area contributed by atoms with Crippen molar-refractivity contribution in [1.82, 2.24) is 4.98 Å². The summed E-state index contributed by atoms with van der Waals surface area (Å²) in [5, 5.41) is 0. The summed E-state index contributed by atoms with van der Waals surface area (Å²) in [6.45, 7) is 3.81. The third kappa shape index (κ3) is 1.53. The number of hydrogen-bond donors (Lipinski definition) is 0. The highest BCUT2D eigenvalue weighted by molar-refractivity contribution is 6.07. The normalized spacial score (nSPS) is 17.9. The van der Waals surface area contributed by atoms with Crippen LogP contribution in [0.1, 0.15) is 28.7 Å². The van der Waals surface area contributed by atoms with Gasteiger partial charge < -0.3 is 9.32 Å². The van der Waals surface area contributed by atoms with Crippen molar-refractivity contribution < 1.29 is 9.21 Å². The molecule has 4 heteroatoms. The second-order valence-electron chi connectivity index (χ2n) is 4.61. The van der Waals surface area contributed by atoms with E-state index >= 15 is 0 Å². The fraction of sp³-hybridized carbons (Fsp3) is 0.286. The summed E-state index contributed by atoms with van der Waals surface area (Å²) in [4.78, 5) is 18.3. The third-order valence-corrected chi connectivity index (χ3v) is 3.37. The molecule has 1 atom stereocenters. The van der Waals surface area contributed by atoms with Crippen LogP contribution in [-0.2, 0) is 6.42 Å². The lowest BCUT2D eigenvalue weighted by Crippen LogP contribution is -2.36. The van der Waals surface area contributed by atoms with Crippen LogP contribution in [0.4, 0.5) is 5.69 Å². The number of anilines is 1. The van der Waals surface area contributed by atoms with E-state index in [1.165, 1.54) is 12.0 Å². The fourth-order valence-corrected chi connectivity index (χ4v) is 2.50. The summed E-state index contributed by atoms with van der Waals surface area (Å²) in [5.41, 5.74) is 2.59. The minimum atomic E-state index is -0.0845. The van der Waals surface area contributed by atoms with E-state index in [0.717, 1.165) is 12.1 Å². The number of carbonyl (C=O) groups excluding carboxylic acids is 1. The van der Waals surface area contributed by atoms with E-state index in [-0.39, 0.29) is 11.9 Å². The van der Waals surface area contributed by atoms with Crippen LogP contribution in [0.15, 0.2) is 35.1 Å². The van der Waals surface area contributed by atoms with Gasteiger partial charge >= 0.3 is 0 Å². The van der Waals surface area contributed by atoms with Crippen molar-refractivity contribution in [1.29, 1.82) is 0 Å². The fourth-order valence-electron chi connectivity index (χ4n) is 2.50. The number of amides is 1. The molecule has 0 bridgehead atoms. The van der Waals surface area contributed by atoms with Crippen LogP contribution >= 0.6 is 0 Å². The Kier molecular flexibility index (Phi) is 2.44. The number of hydrogen-bond acceptors (Lipinski definition) is 3. The topological polar surface area (TPSA) is 46.3 Å². The number of rotatable bonds is 1. The van der Waals surface area contributed by atoms with Gasteiger partial charge in [0.2, 0.25) is 0 Å². The predicted octanol–water partition coefficient (Wildman–Crippen LogP) is 2.57. The summed E-state index contributed by atoms with van der Waals surface area (Å²) < 4.78 is 5.11. The maximum absolute atomic E-state index is 12.5. The average molecular weight is 242 g/mol. The van der Waals surface area contributed by atoms with Gasteiger partial charge in [-0.2, -0.15) is 0 Å². The summed E-state index contributed by atoms with van der Waals surface area (Å²) in [5.74, 6) is 0.482. The minimum absolute atomic E-state index is 0.0845. The zero-order valence-electron chi connectivity index (χ0n) is 10.4. The Hall–Kier alpha value is -2.10. The van der Waals surface area contributed by atoms with Gasteiger partial charge in [0.25, 0.3) is 5.91 Å². The minimum Gasteiger partial charge on any atom is -0.448 e. The van der Waals surface area contributed by atoms with Crippen molar-refractivity contribution in [3.05, 3.63) is 47.7 Å². The van der Waals surface area contributed by atoms with Crippen LogP contribution < -0.4 is 4.90 Å². The van der Waals surface area contributed by atoms with Crippen molar-refractivity contribution in [2.75, 3.05) is 4.90 Å². The number of oxazole rings is 1. The van der Waals surface area contributed by atoms with Crippen molar-refractivity contribution in [2.45, 2.75) is 26.3 Å². The van der Waals surface area contributed by atoms with Gasteiger partial charge in [-0.25, -0.2) is 4.98 Å². The molecule has 0 saturated carbocycles. The Balaban J connectivity index is 2.03. The molecule has 4 nitrogen and oxygen atoms in total. The van der Waals surface area contributed by atoms with E-state index in [0.29, 0.717) is 11.5 Å². The second kappa shape index (κ2) is 3.98. The average Bonchev–Trinajstić information content (AvgIpc) is 2.91. The molecule has 1 aliphatic rings. The summed E-state index contributed by atoms with van der Waals surface area (Å²) in [6, 6.07) is 8.15. The molecule has 0 N–H and O–H groups in total. The second-order valence-corrected chi connectivity index (χ2v) is 4.61. The number of fused-ring (bicyclic) bond motifs is 1. The van der Waals surface area contributed by atoms with E-state index in [2.05, 4.69) is 11.1 Å². The number of benzene rings is 1. The van der Waals surface area contributed by atoms with Crippen molar-refractivity contribution in [3.63, 3.8) is 0 Å². The first-order chi connectivity index (χ1) is 8.68. The van der Waals surface area contributed by atoms with Gasteiger partial charge in [-0.3, -0.25) is 4.79 Å². The Bertz CT molecular complexity index is 603. The van der Waals surface area contributed by atoms with Crippen LogP contribution in [0, 0.1) is 6.92 Å². The lowest BCUT2D eigenvalue weighted by molar-refractivity contribution is 0.0976. The van der Waals surface area contributed by atoms with Crippen LogP contribution in [0.5, 0.6) is 0 Å². The lowest BCUT2D eigenvalue weighted by Gasteiger charge is -2.21. The molecule has 2 heterocycles. The number of aromatic nitrogens is 1. The van der Waals surface area contributed by atoms with Gasteiger partial charge in [0.05, 0.1) is 0 Å². The molecule has 0 unspecified atom stereocenters. The van der Waals surface area contributed by atoms with E-state index in [1.54, 1.807) is 11.8 Å². The molecular formula is C14H14N2O2. The predicted molar refractivity (Wildman–Crippen MR) is 67.7 cm³/mol. The largest absolute Gasteiger partial charge is 0.448 e. The maximum atomic E-state index is 12.5. The summed E-state index contributed by atoms with van der Waals surface area (Å²) >= 11 is 0. The summed E-state index contributed by atoms with van der Waals surface area (Å²) in [7, 11) is 0. The Morgan fingerprint density at radius 3 is 2.94 bits per heavy atom. The van der Waals surface area contributed by atoms with E-state index in [4.69, 9.17) is 4.42 Å². The van der Waals surface area contributed by atoms with Crippen LogP contribution in [0.25, 0.3) is 0 Å². The molecule has 18 heavy (non-hydrogen) atoms. The van der Waals surface area contributed by atoms with Gasteiger partial charge in [-0.1, -0.05) is 18.2 Å². The van der Waals surface area contributed by atoms with Crippen molar-refractivity contribution >= 4 is 11.6 Å². The molecule has 92 valence electrons. The molecule has 1 amide bonds. The molecule has 1 aliphatic heterocycles. The third-order valence-electron chi connectivity index (χ3n) is 3.37. The van der Waals surface area contributed by atoms with Crippen LogP contribution in [0.2, 0.25) is 0 Å². The maximum Gasteiger partial charge on any atom is 0.280 e. The molecule has 1 aromatic carbocycles. The molecule has 1 aromatic heterocycles.